The van der Waals surface area contributed by atoms with Gasteiger partial charge in [0.25, 0.3) is 0 Å². The summed E-state index contributed by atoms with van der Waals surface area (Å²) in [4.78, 5) is 12.1. The number of carbonyl (C=O) groups is 1. The fourth-order valence-corrected chi connectivity index (χ4v) is 3.30. The molecule has 0 spiro atoms. The second kappa shape index (κ2) is 8.00. The smallest absolute Gasteiger partial charge is 0.325 e. The van der Waals surface area contributed by atoms with Crippen LogP contribution in [0.4, 0.5) is 16.2 Å². The zero-order valence-corrected chi connectivity index (χ0v) is 16.3. The maximum Gasteiger partial charge on any atom is 0.325 e. The fraction of sp³-hybridized carbons (Fsp3) is 0.125. The molecule has 0 unspecified atom stereocenters. The fourth-order valence-electron chi connectivity index (χ4n) is 2.25. The number of urea groups is 1. The first-order valence-corrected chi connectivity index (χ1v) is 9.68. The molecule has 0 aliphatic rings. The lowest BCUT2D eigenvalue weighted by molar-refractivity contribution is 0.256. The van der Waals surface area contributed by atoms with Crippen LogP contribution in [0.25, 0.3) is 0 Å². The van der Waals surface area contributed by atoms with Crippen LogP contribution >= 0.6 is 23.8 Å². The van der Waals surface area contributed by atoms with Gasteiger partial charge in [0.15, 0.2) is 5.11 Å². The Morgan fingerprint density at radius 3 is 2.12 bits per heavy atom. The molecule has 138 valence electrons. The van der Waals surface area contributed by atoms with Crippen LogP contribution < -0.4 is 21.1 Å². The summed E-state index contributed by atoms with van der Waals surface area (Å²) in [7, 11) is -3.76. The molecule has 0 atom stereocenters. The molecule has 0 heterocycles. The monoisotopic (exact) mass is 412 g/mol. The molecule has 2 amide bonds. The number of aryl methyl sites for hydroxylation is 2. The average molecular weight is 413 g/mol. The second-order valence-corrected chi connectivity index (χ2v) is 7.92. The van der Waals surface area contributed by atoms with Crippen molar-refractivity contribution >= 4 is 56.4 Å². The summed E-state index contributed by atoms with van der Waals surface area (Å²) < 4.78 is 22.4. The summed E-state index contributed by atoms with van der Waals surface area (Å²) in [6, 6.07) is 8.61. The third kappa shape index (κ3) is 5.40. The van der Waals surface area contributed by atoms with Crippen LogP contribution in [-0.2, 0) is 10.0 Å². The second-order valence-electron chi connectivity index (χ2n) is 5.52. The lowest BCUT2D eigenvalue weighted by Gasteiger charge is -2.14. The van der Waals surface area contributed by atoms with E-state index in [1.165, 1.54) is 24.3 Å². The van der Waals surface area contributed by atoms with Crippen LogP contribution in [-0.4, -0.2) is 19.6 Å². The highest BCUT2D eigenvalue weighted by atomic mass is 35.5. The molecule has 2 aromatic carbocycles. The van der Waals surface area contributed by atoms with Crippen molar-refractivity contribution in [3.8, 4) is 0 Å². The van der Waals surface area contributed by atoms with Crippen LogP contribution in [0.2, 0.25) is 5.02 Å². The quantitative estimate of drug-likeness (QED) is 0.578. The van der Waals surface area contributed by atoms with E-state index in [2.05, 4.69) is 16.0 Å². The Morgan fingerprint density at radius 1 is 1.08 bits per heavy atom. The van der Waals surface area contributed by atoms with Crippen LogP contribution in [0.15, 0.2) is 41.3 Å². The Morgan fingerprint density at radius 2 is 1.62 bits per heavy atom. The Labute approximate surface area is 162 Å². The first-order valence-electron chi connectivity index (χ1n) is 7.35. The number of hydrogen-bond acceptors (Lipinski definition) is 4. The number of amides is 2. The van der Waals surface area contributed by atoms with E-state index in [9.17, 15) is 13.2 Å². The molecule has 0 aliphatic heterocycles. The highest BCUT2D eigenvalue weighted by Gasteiger charge is 2.11. The van der Waals surface area contributed by atoms with Gasteiger partial charge < -0.3 is 10.6 Å². The summed E-state index contributed by atoms with van der Waals surface area (Å²) in [5.41, 5.74) is 2.79. The molecule has 0 bridgehead atoms. The van der Waals surface area contributed by atoms with Crippen LogP contribution in [0, 0.1) is 13.8 Å². The summed E-state index contributed by atoms with van der Waals surface area (Å²) in [6.07, 6.45) is 0. The standard InChI is InChI=1S/C16H17ClN4O3S2/c1-9-7-11(17)8-10(2)14(9)20-15(22)21-16(25)19-12-3-5-13(6-4-12)26(18,23)24/h3-8H,1-2H3,(H2,18,23,24)(H3,19,20,21,22,25). The molecule has 2 aromatic rings. The van der Waals surface area contributed by atoms with Crippen molar-refractivity contribution in [2.75, 3.05) is 10.6 Å². The number of carbonyl (C=O) groups excluding carboxylic acids is 1. The molecule has 0 aromatic heterocycles. The van der Waals surface area contributed by atoms with Crippen LogP contribution in [0.1, 0.15) is 11.1 Å². The Bertz CT molecular complexity index is 937. The van der Waals surface area contributed by atoms with Gasteiger partial charge in [-0.25, -0.2) is 18.4 Å². The lowest BCUT2D eigenvalue weighted by Crippen LogP contribution is -2.37. The van der Waals surface area contributed by atoms with Gasteiger partial charge in [0, 0.05) is 16.4 Å². The molecule has 26 heavy (non-hydrogen) atoms. The zero-order chi connectivity index (χ0) is 19.5. The predicted molar refractivity (Wildman–Crippen MR) is 107 cm³/mol. The molecular weight excluding hydrogens is 396 g/mol. The summed E-state index contributed by atoms with van der Waals surface area (Å²) in [5, 5.41) is 13.7. The first-order chi connectivity index (χ1) is 12.1. The third-order valence-corrected chi connectivity index (χ3v) is 4.76. The maximum absolute atomic E-state index is 12.1. The normalized spacial score (nSPS) is 10.9. The van der Waals surface area contributed by atoms with Crippen molar-refractivity contribution in [1.29, 1.82) is 0 Å². The van der Waals surface area contributed by atoms with Gasteiger partial charge in [-0.05, 0) is 73.6 Å². The molecule has 5 N–H and O–H groups in total. The molecule has 0 fully saturated rings. The van der Waals surface area contributed by atoms with Gasteiger partial charge in [-0.2, -0.15) is 0 Å². The molecule has 0 aliphatic carbocycles. The molecule has 2 rings (SSSR count). The van der Waals surface area contributed by atoms with E-state index in [0.29, 0.717) is 16.4 Å². The van der Waals surface area contributed by atoms with Crippen molar-refractivity contribution in [3.63, 3.8) is 0 Å². The number of rotatable bonds is 3. The molecule has 10 heteroatoms. The number of nitrogens with one attached hydrogen (secondary N) is 3. The number of primary sulfonamides is 1. The Balaban J connectivity index is 1.99. The largest absolute Gasteiger partial charge is 0.332 e. The van der Waals surface area contributed by atoms with Crippen molar-refractivity contribution in [1.82, 2.24) is 5.32 Å². The van der Waals surface area contributed by atoms with Gasteiger partial charge in [-0.1, -0.05) is 11.6 Å². The van der Waals surface area contributed by atoms with Gasteiger partial charge in [0.2, 0.25) is 10.0 Å². The number of anilines is 2. The minimum atomic E-state index is -3.76. The molecule has 0 saturated heterocycles. The van der Waals surface area contributed by atoms with Crippen molar-refractivity contribution in [2.45, 2.75) is 18.7 Å². The molecule has 7 nitrogen and oxygen atoms in total. The average Bonchev–Trinajstić information content (AvgIpc) is 2.50. The summed E-state index contributed by atoms with van der Waals surface area (Å²) in [6.45, 7) is 3.66. The van der Waals surface area contributed by atoms with Gasteiger partial charge in [0.05, 0.1) is 4.90 Å². The number of halogens is 1. The van der Waals surface area contributed by atoms with Crippen LogP contribution in [0.3, 0.4) is 0 Å². The first kappa shape index (κ1) is 20.1. The maximum atomic E-state index is 12.1. The Hall–Kier alpha value is -2.20. The van der Waals surface area contributed by atoms with Crippen molar-refractivity contribution in [2.24, 2.45) is 5.14 Å². The lowest BCUT2D eigenvalue weighted by atomic mass is 10.1. The van der Waals surface area contributed by atoms with E-state index in [0.717, 1.165) is 11.1 Å². The predicted octanol–water partition coefficient (Wildman–Crippen LogP) is 3.12. The van der Waals surface area contributed by atoms with E-state index in [1.807, 2.05) is 13.8 Å². The van der Waals surface area contributed by atoms with Crippen LogP contribution in [0.5, 0.6) is 0 Å². The van der Waals surface area contributed by atoms with E-state index < -0.39 is 16.1 Å². The molecule has 0 radical (unpaired) electrons. The number of benzene rings is 2. The van der Waals surface area contributed by atoms with Gasteiger partial charge in [0.1, 0.15) is 0 Å². The van der Waals surface area contributed by atoms with E-state index in [-0.39, 0.29) is 10.0 Å². The van der Waals surface area contributed by atoms with E-state index in [4.69, 9.17) is 29.0 Å². The number of thiocarbonyl (C=S) groups is 1. The Kier molecular flexibility index (Phi) is 6.19. The SMILES string of the molecule is Cc1cc(Cl)cc(C)c1NC(=O)NC(=S)Nc1ccc(S(N)(=O)=O)cc1. The van der Waals surface area contributed by atoms with E-state index in [1.54, 1.807) is 12.1 Å². The summed E-state index contributed by atoms with van der Waals surface area (Å²) in [5.74, 6) is 0. The van der Waals surface area contributed by atoms with E-state index >= 15 is 0 Å². The highest BCUT2D eigenvalue weighted by molar-refractivity contribution is 7.89. The topological polar surface area (TPSA) is 113 Å². The number of hydrogen-bond donors (Lipinski definition) is 4. The van der Waals surface area contributed by atoms with Gasteiger partial charge in [-0.15, -0.1) is 0 Å². The molecular formula is C16H17ClN4O3S2. The van der Waals surface area contributed by atoms with Gasteiger partial charge >= 0.3 is 6.03 Å². The number of nitrogens with two attached hydrogens (primary N) is 1. The zero-order valence-electron chi connectivity index (χ0n) is 14.0. The number of sulfonamides is 1. The van der Waals surface area contributed by atoms with Crippen molar-refractivity contribution in [3.05, 3.63) is 52.5 Å². The minimum Gasteiger partial charge on any atom is -0.332 e. The minimum absolute atomic E-state index is 0.0200. The summed E-state index contributed by atoms with van der Waals surface area (Å²) >= 11 is 11.0. The van der Waals surface area contributed by atoms with Gasteiger partial charge in [-0.3, -0.25) is 5.32 Å². The van der Waals surface area contributed by atoms with Crippen molar-refractivity contribution < 1.29 is 13.2 Å². The molecule has 0 saturated carbocycles. The third-order valence-electron chi connectivity index (χ3n) is 3.40. The highest BCUT2D eigenvalue weighted by Crippen LogP contribution is 2.24.